The van der Waals surface area contributed by atoms with Crippen molar-refractivity contribution in [3.63, 3.8) is 0 Å². The standard InChI is InChI=1S/C41H48N10O4/c1-25-6-5-19-55-40-32(23-42-48(40)4)35-21-29(20-26(2)43-35)38(53)47-41-45-34-11-8-30(22-36(34)51(41)24-25)50-17-15-49(16-18-50)14-13-28-7-10-33(44-27(28)3)31-9-12-37(52)46-39(31)54/h7-8,10-11,20-23,25,31H,5-6,9,12-19,24H2,1-4H3,(H,45,47,53)(H,46,52,54)/t25-,31?/m1/s1. The lowest BCUT2D eigenvalue weighted by atomic mass is 9.93. The number of ether oxygens (including phenoxy) is 1. The van der Waals surface area contributed by atoms with E-state index >= 15 is 0 Å². The van der Waals surface area contributed by atoms with Crippen molar-refractivity contribution in [3.05, 3.63) is 76.9 Å². The fraction of sp³-hybridized carbons (Fsp3) is 0.439. The number of carbonyl (C=O) groups is 3. The van der Waals surface area contributed by atoms with Crippen LogP contribution >= 0.6 is 0 Å². The number of nitrogens with one attached hydrogen (secondary N) is 2. The minimum atomic E-state index is -0.369. The zero-order valence-corrected chi connectivity index (χ0v) is 32.0. The van der Waals surface area contributed by atoms with Crippen LogP contribution in [0.25, 0.3) is 22.3 Å². The number of amides is 3. The van der Waals surface area contributed by atoms with E-state index in [4.69, 9.17) is 19.7 Å². The summed E-state index contributed by atoms with van der Waals surface area (Å²) in [5.41, 5.74) is 8.45. The number of pyridine rings is 2. The van der Waals surface area contributed by atoms with Gasteiger partial charge in [-0.05, 0) is 87.4 Å². The molecule has 14 nitrogen and oxygen atoms in total. The topological polar surface area (TPSA) is 152 Å². The SMILES string of the molecule is Cc1cc2cc(n1)-c1cnn(C)c1OCCC[C@@H](C)Cn1c(nc3ccc(N4CCN(CCc5ccc(C6CCC(=O)NC6=O)nc5C)CC4)cc31)NC2=O. The highest BCUT2D eigenvalue weighted by Crippen LogP contribution is 2.32. The Morgan fingerprint density at radius 1 is 0.927 bits per heavy atom. The third-order valence-electron chi connectivity index (χ3n) is 11.2. The molecule has 2 bridgehead atoms. The van der Waals surface area contributed by atoms with Crippen molar-refractivity contribution < 1.29 is 19.1 Å². The number of piperazine rings is 1. The molecule has 7 heterocycles. The highest BCUT2D eigenvalue weighted by Gasteiger charge is 2.29. The highest BCUT2D eigenvalue weighted by atomic mass is 16.5. The van der Waals surface area contributed by atoms with Crippen LogP contribution in [-0.2, 0) is 29.6 Å². The van der Waals surface area contributed by atoms with E-state index in [2.05, 4.69) is 61.3 Å². The van der Waals surface area contributed by atoms with Gasteiger partial charge >= 0.3 is 0 Å². The van der Waals surface area contributed by atoms with Crippen LogP contribution in [0.15, 0.2) is 48.7 Å². The molecule has 0 aliphatic carbocycles. The van der Waals surface area contributed by atoms with Crippen molar-refractivity contribution in [2.75, 3.05) is 49.5 Å². The third-order valence-corrected chi connectivity index (χ3v) is 11.2. The van der Waals surface area contributed by atoms with Gasteiger partial charge in [-0.2, -0.15) is 5.10 Å². The number of hydrogen-bond donors (Lipinski definition) is 2. The lowest BCUT2D eigenvalue weighted by molar-refractivity contribution is -0.134. The van der Waals surface area contributed by atoms with Crippen molar-refractivity contribution in [3.8, 4) is 17.1 Å². The van der Waals surface area contributed by atoms with Crippen LogP contribution in [0.2, 0.25) is 0 Å². The molecule has 2 atom stereocenters. The van der Waals surface area contributed by atoms with Crippen molar-refractivity contribution in [2.24, 2.45) is 13.0 Å². The van der Waals surface area contributed by atoms with Gasteiger partial charge in [0.2, 0.25) is 23.6 Å². The minimum Gasteiger partial charge on any atom is -0.477 e. The Morgan fingerprint density at radius 3 is 2.56 bits per heavy atom. The first-order chi connectivity index (χ1) is 26.6. The Morgan fingerprint density at radius 2 is 1.76 bits per heavy atom. The summed E-state index contributed by atoms with van der Waals surface area (Å²) in [6.07, 6.45) is 5.27. The summed E-state index contributed by atoms with van der Waals surface area (Å²) in [6.45, 7) is 12.0. The molecule has 0 spiro atoms. The van der Waals surface area contributed by atoms with Gasteiger partial charge in [-0.3, -0.25) is 39.9 Å². The van der Waals surface area contributed by atoms with Crippen LogP contribution in [0.5, 0.6) is 5.88 Å². The lowest BCUT2D eigenvalue weighted by Gasteiger charge is -2.36. The number of nitrogens with zero attached hydrogens (tertiary/aromatic N) is 8. The van der Waals surface area contributed by atoms with Crippen molar-refractivity contribution >= 4 is 40.4 Å². The van der Waals surface area contributed by atoms with Crippen molar-refractivity contribution in [1.82, 2.24) is 39.5 Å². The van der Waals surface area contributed by atoms with Gasteiger partial charge in [-0.25, -0.2) is 9.67 Å². The van der Waals surface area contributed by atoms with E-state index in [1.54, 1.807) is 23.0 Å². The molecule has 286 valence electrons. The second kappa shape index (κ2) is 15.2. The molecule has 1 aromatic carbocycles. The van der Waals surface area contributed by atoms with Gasteiger partial charge in [0.05, 0.1) is 46.7 Å². The molecule has 5 aromatic rings. The smallest absolute Gasteiger partial charge is 0.258 e. The van der Waals surface area contributed by atoms with E-state index in [1.165, 1.54) is 5.56 Å². The van der Waals surface area contributed by atoms with E-state index < -0.39 is 0 Å². The van der Waals surface area contributed by atoms with Crippen LogP contribution in [0.3, 0.4) is 0 Å². The first kappa shape index (κ1) is 36.4. The van der Waals surface area contributed by atoms with Gasteiger partial charge < -0.3 is 14.2 Å². The number of imide groups is 1. The van der Waals surface area contributed by atoms with Gasteiger partial charge in [0.15, 0.2) is 0 Å². The van der Waals surface area contributed by atoms with E-state index in [0.29, 0.717) is 55.0 Å². The van der Waals surface area contributed by atoms with Gasteiger partial charge in [0, 0.05) is 75.4 Å². The molecule has 0 saturated carbocycles. The van der Waals surface area contributed by atoms with Crippen LogP contribution in [0.1, 0.15) is 71.5 Å². The molecule has 55 heavy (non-hydrogen) atoms. The molecular weight excluding hydrogens is 697 g/mol. The Balaban J connectivity index is 0.964. The molecule has 1 unspecified atom stereocenters. The highest BCUT2D eigenvalue weighted by molar-refractivity contribution is 6.05. The van der Waals surface area contributed by atoms with Gasteiger partial charge in [-0.15, -0.1) is 0 Å². The molecule has 2 saturated heterocycles. The lowest BCUT2D eigenvalue weighted by Crippen LogP contribution is -2.47. The molecular formula is C41H48N10O4. The molecule has 0 radical (unpaired) electrons. The number of hydrogen-bond acceptors (Lipinski definition) is 10. The first-order valence-electron chi connectivity index (χ1n) is 19.3. The van der Waals surface area contributed by atoms with Gasteiger partial charge in [-0.1, -0.05) is 13.0 Å². The maximum Gasteiger partial charge on any atom is 0.258 e. The number of imidazole rings is 1. The summed E-state index contributed by atoms with van der Waals surface area (Å²) >= 11 is 0. The monoisotopic (exact) mass is 744 g/mol. The molecule has 8 rings (SSSR count). The van der Waals surface area contributed by atoms with E-state index in [9.17, 15) is 14.4 Å². The van der Waals surface area contributed by atoms with Crippen LogP contribution < -0.4 is 20.3 Å². The Bertz CT molecular complexity index is 2270. The number of fused-ring (bicyclic) bond motifs is 7. The summed E-state index contributed by atoms with van der Waals surface area (Å²) in [5.74, 6) is 0.400. The maximum absolute atomic E-state index is 13.8. The van der Waals surface area contributed by atoms with Crippen LogP contribution in [0, 0.1) is 19.8 Å². The van der Waals surface area contributed by atoms with Crippen molar-refractivity contribution in [2.45, 2.75) is 65.3 Å². The molecule has 4 aromatic heterocycles. The average molecular weight is 745 g/mol. The number of aromatic nitrogens is 6. The normalized spacial score (nSPS) is 19.9. The second-order valence-electron chi connectivity index (χ2n) is 15.2. The minimum absolute atomic E-state index is 0.212. The molecule has 3 aliphatic rings. The molecule has 2 N–H and O–H groups in total. The quantitative estimate of drug-likeness (QED) is 0.241. The largest absolute Gasteiger partial charge is 0.477 e. The first-order valence-corrected chi connectivity index (χ1v) is 19.3. The summed E-state index contributed by atoms with van der Waals surface area (Å²) < 4.78 is 10.1. The average Bonchev–Trinajstić information content (AvgIpc) is 3.70. The summed E-state index contributed by atoms with van der Waals surface area (Å²) in [5, 5.41) is 9.99. The van der Waals surface area contributed by atoms with Gasteiger partial charge in [0.25, 0.3) is 5.91 Å². The van der Waals surface area contributed by atoms with Gasteiger partial charge in [0.1, 0.15) is 0 Å². The molecule has 3 aliphatic heterocycles. The molecule has 14 heteroatoms. The Kier molecular flexibility index (Phi) is 10.1. The van der Waals surface area contributed by atoms with E-state index in [-0.39, 0.29) is 23.6 Å². The molecule has 3 amide bonds. The molecule has 2 fully saturated rings. The third kappa shape index (κ3) is 7.68. The zero-order valence-electron chi connectivity index (χ0n) is 32.0. The van der Waals surface area contributed by atoms with E-state index in [0.717, 1.165) is 91.4 Å². The maximum atomic E-state index is 13.8. The van der Waals surface area contributed by atoms with Crippen LogP contribution in [-0.4, -0.2) is 91.3 Å². The van der Waals surface area contributed by atoms with Crippen molar-refractivity contribution in [1.29, 1.82) is 0 Å². The summed E-state index contributed by atoms with van der Waals surface area (Å²) in [6, 6.07) is 14.0. The Labute approximate surface area is 320 Å². The summed E-state index contributed by atoms with van der Waals surface area (Å²) in [4.78, 5) is 57.1. The number of carbonyl (C=O) groups excluding carboxylic acids is 3. The summed E-state index contributed by atoms with van der Waals surface area (Å²) in [7, 11) is 1.85. The number of benzene rings is 1. The Hall–Kier alpha value is -5.63. The van der Waals surface area contributed by atoms with E-state index in [1.807, 2.05) is 27.0 Å². The number of piperidine rings is 1. The number of rotatable bonds is 5. The predicted octanol–water partition coefficient (Wildman–Crippen LogP) is 4.79. The zero-order chi connectivity index (χ0) is 38.2. The fourth-order valence-corrected chi connectivity index (χ4v) is 8.03. The number of aryl methyl sites for hydroxylation is 3. The predicted molar refractivity (Wildman–Crippen MR) is 209 cm³/mol. The second-order valence-corrected chi connectivity index (χ2v) is 15.2. The number of anilines is 2. The van der Waals surface area contributed by atoms with Crippen LogP contribution in [0.4, 0.5) is 11.6 Å². The fourth-order valence-electron chi connectivity index (χ4n) is 8.03.